The minimum absolute atomic E-state index is 0.296. The Labute approximate surface area is 133 Å². The lowest BCUT2D eigenvalue weighted by Gasteiger charge is -2.07. The second-order valence-corrected chi connectivity index (χ2v) is 5.08. The molecule has 1 N–H and O–H groups in total. The van der Waals surface area contributed by atoms with E-state index in [9.17, 15) is 22.8 Å². The molecule has 124 valence electrons. The molecular weight excluding hydrogens is 325 g/mol. The van der Waals surface area contributed by atoms with E-state index in [0.717, 1.165) is 16.9 Å². The molecule has 2 heterocycles. The molecule has 9 heteroatoms. The number of nitrogens with zero attached hydrogens (tertiary/aromatic N) is 3. The number of hydrogen-bond acceptors (Lipinski definition) is 3. The molecule has 0 spiro atoms. The highest BCUT2D eigenvalue weighted by atomic mass is 19.4. The van der Waals surface area contributed by atoms with Gasteiger partial charge in [-0.1, -0.05) is 12.1 Å². The Morgan fingerprint density at radius 1 is 1.08 bits per heavy atom. The maximum atomic E-state index is 12.6. The van der Waals surface area contributed by atoms with Gasteiger partial charge in [-0.15, -0.1) is 9.89 Å². The molecule has 0 aliphatic carbocycles. The largest absolute Gasteiger partial charge is 0.416 e. The van der Waals surface area contributed by atoms with Gasteiger partial charge in [-0.3, -0.25) is 4.79 Å². The summed E-state index contributed by atoms with van der Waals surface area (Å²) in [6.07, 6.45) is -2.95. The SMILES string of the molecule is CC(=O)Nn1nc2ccc(-c3ccc(C(F)(F)F)cc3)cn2c1=O. The number of benzene rings is 1. The summed E-state index contributed by atoms with van der Waals surface area (Å²) in [5, 5.41) is 3.92. The normalized spacial score (nSPS) is 11.7. The summed E-state index contributed by atoms with van der Waals surface area (Å²) >= 11 is 0. The average Bonchev–Trinajstić information content (AvgIpc) is 2.82. The number of halogens is 3. The number of aromatic nitrogens is 3. The zero-order chi connectivity index (χ0) is 17.5. The van der Waals surface area contributed by atoms with Crippen molar-refractivity contribution in [3.8, 4) is 11.1 Å². The minimum atomic E-state index is -4.40. The molecule has 0 saturated heterocycles. The van der Waals surface area contributed by atoms with Crippen molar-refractivity contribution in [2.75, 3.05) is 5.43 Å². The van der Waals surface area contributed by atoms with Gasteiger partial charge < -0.3 is 0 Å². The van der Waals surface area contributed by atoms with Crippen LogP contribution < -0.4 is 11.1 Å². The molecule has 1 aromatic carbocycles. The third-order valence-corrected chi connectivity index (χ3v) is 3.33. The average molecular weight is 336 g/mol. The Morgan fingerprint density at radius 2 is 1.71 bits per heavy atom. The number of pyridine rings is 1. The summed E-state index contributed by atoms with van der Waals surface area (Å²) in [5.41, 5.74) is 2.27. The Hall–Kier alpha value is -3.10. The number of alkyl halides is 3. The summed E-state index contributed by atoms with van der Waals surface area (Å²) in [7, 11) is 0. The molecule has 1 amide bonds. The summed E-state index contributed by atoms with van der Waals surface area (Å²) in [6, 6.07) is 7.77. The van der Waals surface area contributed by atoms with Crippen molar-refractivity contribution in [1.29, 1.82) is 0 Å². The number of nitrogens with one attached hydrogen (secondary N) is 1. The van der Waals surface area contributed by atoms with Crippen LogP contribution in [-0.2, 0) is 11.0 Å². The Bertz CT molecular complexity index is 971. The molecule has 2 aromatic heterocycles. The first-order chi connectivity index (χ1) is 11.3. The molecule has 0 atom stereocenters. The van der Waals surface area contributed by atoms with Crippen LogP contribution in [-0.4, -0.2) is 20.2 Å². The highest BCUT2D eigenvalue weighted by molar-refractivity contribution is 5.80. The van der Waals surface area contributed by atoms with Crippen molar-refractivity contribution in [1.82, 2.24) is 14.3 Å². The van der Waals surface area contributed by atoms with Gasteiger partial charge in [0.05, 0.1) is 5.56 Å². The molecule has 0 bridgehead atoms. The van der Waals surface area contributed by atoms with E-state index in [1.807, 2.05) is 0 Å². The van der Waals surface area contributed by atoms with Crippen LogP contribution in [0.4, 0.5) is 13.2 Å². The molecule has 24 heavy (non-hydrogen) atoms. The van der Waals surface area contributed by atoms with E-state index in [0.29, 0.717) is 16.8 Å². The number of rotatable bonds is 2. The van der Waals surface area contributed by atoms with E-state index in [1.54, 1.807) is 6.07 Å². The molecule has 0 fully saturated rings. The Kier molecular flexibility index (Phi) is 3.63. The summed E-state index contributed by atoms with van der Waals surface area (Å²) in [6.45, 7) is 1.24. The van der Waals surface area contributed by atoms with Crippen molar-refractivity contribution < 1.29 is 18.0 Å². The van der Waals surface area contributed by atoms with Crippen LogP contribution in [0.25, 0.3) is 16.8 Å². The fourth-order valence-electron chi connectivity index (χ4n) is 2.22. The molecule has 6 nitrogen and oxygen atoms in total. The van der Waals surface area contributed by atoms with Gasteiger partial charge in [0.25, 0.3) is 0 Å². The minimum Gasteiger partial charge on any atom is -0.274 e. The van der Waals surface area contributed by atoms with Crippen LogP contribution in [0.15, 0.2) is 47.4 Å². The second-order valence-electron chi connectivity index (χ2n) is 5.08. The van der Waals surface area contributed by atoms with Gasteiger partial charge in [0.1, 0.15) is 0 Å². The first kappa shape index (κ1) is 15.8. The highest BCUT2D eigenvalue weighted by Crippen LogP contribution is 2.30. The lowest BCUT2D eigenvalue weighted by atomic mass is 10.1. The maximum Gasteiger partial charge on any atom is 0.416 e. The number of hydrogen-bond donors (Lipinski definition) is 1. The van der Waals surface area contributed by atoms with Crippen LogP contribution >= 0.6 is 0 Å². The van der Waals surface area contributed by atoms with E-state index >= 15 is 0 Å². The zero-order valence-electron chi connectivity index (χ0n) is 12.3. The third kappa shape index (κ3) is 2.87. The summed E-state index contributed by atoms with van der Waals surface area (Å²) in [4.78, 5) is 24.0. The van der Waals surface area contributed by atoms with Gasteiger partial charge in [0.2, 0.25) is 5.91 Å². The predicted octanol–water partition coefficient (Wildman–Crippen LogP) is 2.27. The van der Waals surface area contributed by atoms with E-state index in [-0.39, 0.29) is 0 Å². The number of amides is 1. The first-order valence-corrected chi connectivity index (χ1v) is 6.82. The van der Waals surface area contributed by atoms with Gasteiger partial charge in [-0.05, 0) is 35.4 Å². The van der Waals surface area contributed by atoms with Gasteiger partial charge in [0, 0.05) is 13.1 Å². The number of carbonyl (C=O) groups is 1. The molecule has 0 radical (unpaired) electrons. The molecule has 0 aliphatic heterocycles. The van der Waals surface area contributed by atoms with Crippen molar-refractivity contribution in [3.63, 3.8) is 0 Å². The fourth-order valence-corrected chi connectivity index (χ4v) is 2.22. The van der Waals surface area contributed by atoms with Gasteiger partial charge in [0.15, 0.2) is 5.65 Å². The van der Waals surface area contributed by atoms with Gasteiger partial charge in [-0.2, -0.15) is 13.2 Å². The van der Waals surface area contributed by atoms with Gasteiger partial charge in [-0.25, -0.2) is 14.6 Å². The van der Waals surface area contributed by atoms with Crippen molar-refractivity contribution >= 4 is 11.6 Å². The molecule has 3 aromatic rings. The molecule has 0 unspecified atom stereocenters. The molecule has 3 rings (SSSR count). The van der Waals surface area contributed by atoms with Crippen LogP contribution in [0.5, 0.6) is 0 Å². The Morgan fingerprint density at radius 3 is 2.29 bits per heavy atom. The van der Waals surface area contributed by atoms with E-state index in [1.165, 1.54) is 35.7 Å². The summed E-state index contributed by atoms with van der Waals surface area (Å²) < 4.78 is 39.0. The first-order valence-electron chi connectivity index (χ1n) is 6.82. The third-order valence-electron chi connectivity index (χ3n) is 3.33. The van der Waals surface area contributed by atoms with Crippen LogP contribution in [0.1, 0.15) is 12.5 Å². The maximum absolute atomic E-state index is 12.6. The van der Waals surface area contributed by atoms with Gasteiger partial charge >= 0.3 is 11.9 Å². The Balaban J connectivity index is 2.03. The molecule has 0 aliphatic rings. The summed E-state index contributed by atoms with van der Waals surface area (Å²) in [5.74, 6) is -0.455. The standard InChI is InChI=1S/C15H11F3N4O2/c1-9(23)19-22-14(24)21-8-11(4-7-13(21)20-22)10-2-5-12(6-3-10)15(16,17)18/h2-8H,1H3,(H,19,23). The van der Waals surface area contributed by atoms with Crippen LogP contribution in [0, 0.1) is 0 Å². The highest BCUT2D eigenvalue weighted by Gasteiger charge is 2.29. The lowest BCUT2D eigenvalue weighted by molar-refractivity contribution is -0.137. The zero-order valence-corrected chi connectivity index (χ0v) is 12.3. The van der Waals surface area contributed by atoms with Crippen LogP contribution in [0.3, 0.4) is 0 Å². The fraction of sp³-hybridized carbons (Fsp3) is 0.133. The number of carbonyl (C=O) groups excluding carboxylic acids is 1. The number of fused-ring (bicyclic) bond motifs is 1. The topological polar surface area (TPSA) is 68.4 Å². The second kappa shape index (κ2) is 5.52. The lowest BCUT2D eigenvalue weighted by Crippen LogP contribution is -2.32. The predicted molar refractivity (Wildman–Crippen MR) is 79.9 cm³/mol. The molecular formula is C15H11F3N4O2. The smallest absolute Gasteiger partial charge is 0.274 e. The monoisotopic (exact) mass is 336 g/mol. The van der Waals surface area contributed by atoms with E-state index < -0.39 is 23.3 Å². The van der Waals surface area contributed by atoms with Crippen molar-refractivity contribution in [3.05, 3.63) is 58.6 Å². The van der Waals surface area contributed by atoms with E-state index in [4.69, 9.17) is 0 Å². The molecule has 0 saturated carbocycles. The van der Waals surface area contributed by atoms with E-state index in [2.05, 4.69) is 10.5 Å². The van der Waals surface area contributed by atoms with Crippen molar-refractivity contribution in [2.24, 2.45) is 0 Å². The van der Waals surface area contributed by atoms with Crippen molar-refractivity contribution in [2.45, 2.75) is 13.1 Å². The van der Waals surface area contributed by atoms with Crippen LogP contribution in [0.2, 0.25) is 0 Å². The quantitative estimate of drug-likeness (QED) is 0.781.